The molecule has 142 valence electrons. The standard InChI is InChI=1S/C18H24N8O/c19-17(23-14-4-2-1-3-5-14)25-18(20)24-15-10-16(22-12-21-15)26-8-6-13(11-27)7-9-26/h1-5,10,12-13,27H,6-9,11H2,(H5,19,20,21,22,23,24,25). The average Bonchev–Trinajstić information content (AvgIpc) is 2.69. The van der Waals surface area contributed by atoms with Crippen LogP contribution in [0.4, 0.5) is 17.3 Å². The number of anilines is 2. The molecule has 2 aromatic rings. The Bertz CT molecular complexity index is 800. The molecule has 6 N–H and O–H groups in total. The van der Waals surface area contributed by atoms with Gasteiger partial charge in [0, 0.05) is 31.5 Å². The van der Waals surface area contributed by atoms with Gasteiger partial charge in [-0.05, 0) is 30.9 Å². The third-order valence-electron chi connectivity index (χ3n) is 4.35. The maximum Gasteiger partial charge on any atom is 0.225 e. The number of aliphatic hydroxyl groups is 1. The minimum absolute atomic E-state index is 0.000398. The second kappa shape index (κ2) is 8.95. The molecule has 0 unspecified atom stereocenters. The number of aromatic nitrogens is 2. The van der Waals surface area contributed by atoms with Crippen molar-refractivity contribution in [1.29, 1.82) is 0 Å². The minimum atomic E-state index is -0.000398. The van der Waals surface area contributed by atoms with E-state index in [2.05, 4.69) is 30.2 Å². The molecule has 0 amide bonds. The third kappa shape index (κ3) is 5.38. The molecule has 0 atom stereocenters. The molecule has 1 fully saturated rings. The normalized spacial score (nSPS) is 16.4. The molecule has 0 radical (unpaired) electrons. The van der Waals surface area contributed by atoms with E-state index in [1.165, 1.54) is 6.33 Å². The predicted octanol–water partition coefficient (Wildman–Crippen LogP) is 1.06. The van der Waals surface area contributed by atoms with E-state index in [9.17, 15) is 5.11 Å². The number of hydrogen-bond acceptors (Lipinski definition) is 5. The third-order valence-corrected chi connectivity index (χ3v) is 4.35. The van der Waals surface area contributed by atoms with Gasteiger partial charge in [-0.1, -0.05) is 18.2 Å². The first-order valence-corrected chi connectivity index (χ1v) is 8.82. The van der Waals surface area contributed by atoms with Gasteiger partial charge in [-0.25, -0.2) is 9.97 Å². The van der Waals surface area contributed by atoms with Crippen LogP contribution in [0.3, 0.4) is 0 Å². The van der Waals surface area contributed by atoms with Crippen molar-refractivity contribution in [2.24, 2.45) is 27.4 Å². The van der Waals surface area contributed by atoms with Crippen molar-refractivity contribution >= 4 is 29.2 Å². The van der Waals surface area contributed by atoms with Gasteiger partial charge in [-0.2, -0.15) is 9.98 Å². The highest BCUT2D eigenvalue weighted by Gasteiger charge is 2.19. The molecule has 0 aliphatic carbocycles. The second-order valence-corrected chi connectivity index (χ2v) is 6.31. The van der Waals surface area contributed by atoms with Crippen molar-refractivity contribution in [2.45, 2.75) is 12.8 Å². The summed E-state index contributed by atoms with van der Waals surface area (Å²) < 4.78 is 0. The fourth-order valence-corrected chi connectivity index (χ4v) is 2.88. The highest BCUT2D eigenvalue weighted by Crippen LogP contribution is 2.23. The maximum atomic E-state index is 9.25. The first-order valence-electron chi connectivity index (χ1n) is 8.82. The lowest BCUT2D eigenvalue weighted by molar-refractivity contribution is 0.203. The molecule has 9 nitrogen and oxygen atoms in total. The average molecular weight is 368 g/mol. The zero-order valence-electron chi connectivity index (χ0n) is 15.0. The smallest absolute Gasteiger partial charge is 0.225 e. The number of guanidine groups is 2. The van der Waals surface area contributed by atoms with Gasteiger partial charge in [-0.15, -0.1) is 0 Å². The predicted molar refractivity (Wildman–Crippen MR) is 107 cm³/mol. The second-order valence-electron chi connectivity index (χ2n) is 6.31. The van der Waals surface area contributed by atoms with E-state index >= 15 is 0 Å². The quantitative estimate of drug-likeness (QED) is 0.467. The number of nitrogens with zero attached hydrogens (tertiary/aromatic N) is 5. The molecule has 3 rings (SSSR count). The van der Waals surface area contributed by atoms with Crippen molar-refractivity contribution in [3.05, 3.63) is 42.7 Å². The lowest BCUT2D eigenvalue weighted by atomic mass is 9.98. The number of aliphatic imine (C=N–C) groups is 2. The fraction of sp³-hybridized carbons (Fsp3) is 0.333. The van der Waals surface area contributed by atoms with Gasteiger partial charge in [0.15, 0.2) is 5.82 Å². The first kappa shape index (κ1) is 18.6. The van der Waals surface area contributed by atoms with Crippen molar-refractivity contribution in [3.8, 4) is 0 Å². The topological polar surface area (TPSA) is 138 Å². The van der Waals surface area contributed by atoms with Crippen LogP contribution in [0.15, 0.2) is 52.7 Å². The largest absolute Gasteiger partial charge is 0.396 e. The van der Waals surface area contributed by atoms with Crippen LogP contribution in [0.1, 0.15) is 12.8 Å². The van der Waals surface area contributed by atoms with Crippen LogP contribution in [0.2, 0.25) is 0 Å². The van der Waals surface area contributed by atoms with Gasteiger partial charge >= 0.3 is 0 Å². The number of hydrogen-bond donors (Lipinski definition) is 4. The van der Waals surface area contributed by atoms with E-state index in [1.807, 2.05) is 30.3 Å². The lowest BCUT2D eigenvalue weighted by Gasteiger charge is -2.31. The zero-order valence-corrected chi connectivity index (χ0v) is 15.0. The Morgan fingerprint density at radius 2 is 1.93 bits per heavy atom. The van der Waals surface area contributed by atoms with Gasteiger partial charge in [0.1, 0.15) is 12.1 Å². The molecule has 0 spiro atoms. The van der Waals surface area contributed by atoms with Gasteiger partial charge in [0.05, 0.1) is 0 Å². The van der Waals surface area contributed by atoms with Gasteiger partial charge < -0.3 is 26.8 Å². The van der Waals surface area contributed by atoms with Gasteiger partial charge in [-0.3, -0.25) is 0 Å². The van der Waals surface area contributed by atoms with Crippen LogP contribution in [0.25, 0.3) is 0 Å². The Hall–Kier alpha value is -3.20. The van der Waals surface area contributed by atoms with Crippen LogP contribution in [0.5, 0.6) is 0 Å². The number of rotatable bonds is 4. The number of benzene rings is 1. The Kier molecular flexibility index (Phi) is 6.16. The number of nitrogens with two attached hydrogens (primary N) is 2. The molecule has 1 aliphatic heterocycles. The van der Waals surface area contributed by atoms with E-state index in [4.69, 9.17) is 11.5 Å². The summed E-state index contributed by atoms with van der Waals surface area (Å²) in [6, 6.07) is 11.2. The molecule has 2 heterocycles. The molecular weight excluding hydrogens is 344 g/mol. The Morgan fingerprint density at radius 1 is 1.19 bits per heavy atom. The van der Waals surface area contributed by atoms with Crippen LogP contribution in [-0.4, -0.2) is 46.7 Å². The molecule has 1 aromatic carbocycles. The van der Waals surface area contributed by atoms with Crippen LogP contribution in [0, 0.1) is 5.92 Å². The van der Waals surface area contributed by atoms with Gasteiger partial charge in [0.25, 0.3) is 0 Å². The molecule has 1 aromatic heterocycles. The molecule has 0 bridgehead atoms. The van der Waals surface area contributed by atoms with E-state index in [-0.39, 0.29) is 18.5 Å². The van der Waals surface area contributed by atoms with E-state index in [1.54, 1.807) is 6.07 Å². The summed E-state index contributed by atoms with van der Waals surface area (Å²) >= 11 is 0. The Balaban J connectivity index is 1.66. The van der Waals surface area contributed by atoms with Crippen molar-refractivity contribution in [2.75, 3.05) is 29.9 Å². The van der Waals surface area contributed by atoms with Crippen molar-refractivity contribution in [3.63, 3.8) is 0 Å². The van der Waals surface area contributed by atoms with E-state index in [0.717, 1.165) is 37.4 Å². The number of para-hydroxylation sites is 1. The van der Waals surface area contributed by atoms with Crippen LogP contribution in [-0.2, 0) is 0 Å². The summed E-state index contributed by atoms with van der Waals surface area (Å²) in [4.78, 5) is 18.8. The summed E-state index contributed by atoms with van der Waals surface area (Å²) in [6.07, 6.45) is 3.33. The molecule has 0 saturated carbocycles. The molecular formula is C18H24N8O. The Labute approximate surface area is 157 Å². The fourth-order valence-electron chi connectivity index (χ4n) is 2.88. The molecule has 1 saturated heterocycles. The minimum Gasteiger partial charge on any atom is -0.396 e. The molecule has 9 heteroatoms. The summed E-state index contributed by atoms with van der Waals surface area (Å²) in [5.41, 5.74) is 12.5. The summed E-state index contributed by atoms with van der Waals surface area (Å²) in [6.45, 7) is 1.92. The van der Waals surface area contributed by atoms with E-state index in [0.29, 0.717) is 11.7 Å². The molecule has 27 heavy (non-hydrogen) atoms. The first-order chi connectivity index (χ1) is 13.1. The number of piperidine rings is 1. The molecule has 1 aliphatic rings. The van der Waals surface area contributed by atoms with Crippen LogP contribution >= 0.6 is 0 Å². The zero-order chi connectivity index (χ0) is 19.1. The summed E-state index contributed by atoms with van der Waals surface area (Å²) in [5, 5.41) is 12.2. The highest BCUT2D eigenvalue weighted by molar-refractivity contribution is 6.01. The van der Waals surface area contributed by atoms with E-state index < -0.39 is 0 Å². The maximum absolute atomic E-state index is 9.25. The summed E-state index contributed by atoms with van der Waals surface area (Å²) in [7, 11) is 0. The number of nitrogens with one attached hydrogen (secondary N) is 1. The van der Waals surface area contributed by atoms with Crippen molar-refractivity contribution < 1.29 is 5.11 Å². The van der Waals surface area contributed by atoms with Gasteiger partial charge in [0.2, 0.25) is 11.9 Å². The Morgan fingerprint density at radius 3 is 2.63 bits per heavy atom. The highest BCUT2D eigenvalue weighted by atomic mass is 16.3. The van der Waals surface area contributed by atoms with Crippen molar-refractivity contribution in [1.82, 2.24) is 9.97 Å². The number of aliphatic hydroxyl groups excluding tert-OH is 1. The SMILES string of the molecule is NC(=Nc1cc(N2CCC(CO)CC2)ncn1)N=C(N)Nc1ccccc1. The lowest BCUT2D eigenvalue weighted by Crippen LogP contribution is -2.35. The van der Waals surface area contributed by atoms with Crippen LogP contribution < -0.4 is 21.7 Å². The summed E-state index contributed by atoms with van der Waals surface area (Å²) in [5.74, 6) is 1.71. The monoisotopic (exact) mass is 368 g/mol.